The van der Waals surface area contributed by atoms with Crippen molar-refractivity contribution in [2.24, 2.45) is 0 Å². The molecule has 1 aliphatic rings. The zero-order chi connectivity index (χ0) is 13.4. The number of anilines is 1. The van der Waals surface area contributed by atoms with Crippen LogP contribution in [0.3, 0.4) is 0 Å². The van der Waals surface area contributed by atoms with E-state index in [1.165, 1.54) is 19.1 Å². The second-order valence-corrected chi connectivity index (χ2v) is 3.92. The number of hydrogen-bond donors (Lipinski definition) is 2. The molecule has 1 aromatic rings. The summed E-state index contributed by atoms with van der Waals surface area (Å²) in [6, 6.07) is 2.67. The van der Waals surface area contributed by atoms with Crippen LogP contribution >= 0.6 is 0 Å². The number of amides is 3. The van der Waals surface area contributed by atoms with E-state index < -0.39 is 17.7 Å². The third-order valence-corrected chi connectivity index (χ3v) is 2.74. The third-order valence-electron chi connectivity index (χ3n) is 2.74. The number of aromatic hydroxyl groups is 1. The summed E-state index contributed by atoms with van der Waals surface area (Å²) in [6.45, 7) is 3.18. The van der Waals surface area contributed by atoms with Crippen LogP contribution in [0.15, 0.2) is 12.1 Å². The van der Waals surface area contributed by atoms with E-state index in [4.69, 9.17) is 0 Å². The van der Waals surface area contributed by atoms with Gasteiger partial charge in [0.2, 0.25) is 5.91 Å². The number of carbonyl (C=O) groups is 3. The first-order valence-corrected chi connectivity index (χ1v) is 5.47. The van der Waals surface area contributed by atoms with E-state index in [0.29, 0.717) is 0 Å². The van der Waals surface area contributed by atoms with Gasteiger partial charge >= 0.3 is 0 Å². The van der Waals surface area contributed by atoms with Gasteiger partial charge in [-0.15, -0.1) is 0 Å². The lowest BCUT2D eigenvalue weighted by Gasteiger charge is -2.10. The summed E-state index contributed by atoms with van der Waals surface area (Å²) in [4.78, 5) is 36.1. The van der Waals surface area contributed by atoms with Crippen LogP contribution in [0, 0.1) is 0 Å². The first kappa shape index (κ1) is 12.1. The van der Waals surface area contributed by atoms with Gasteiger partial charge in [-0.2, -0.15) is 0 Å². The van der Waals surface area contributed by atoms with Crippen LogP contribution in [-0.4, -0.2) is 34.3 Å². The second-order valence-electron chi connectivity index (χ2n) is 3.92. The molecule has 0 spiro atoms. The number of hydrogen-bond acceptors (Lipinski definition) is 4. The van der Waals surface area contributed by atoms with Crippen molar-refractivity contribution in [2.45, 2.75) is 13.8 Å². The fourth-order valence-corrected chi connectivity index (χ4v) is 1.95. The molecule has 1 heterocycles. The number of nitrogens with zero attached hydrogens (tertiary/aromatic N) is 1. The van der Waals surface area contributed by atoms with Gasteiger partial charge in [-0.3, -0.25) is 19.3 Å². The highest BCUT2D eigenvalue weighted by Crippen LogP contribution is 2.35. The fourth-order valence-electron chi connectivity index (χ4n) is 1.95. The number of phenols is 1. The van der Waals surface area contributed by atoms with Gasteiger partial charge in [0.25, 0.3) is 11.8 Å². The number of carbonyl (C=O) groups excluding carboxylic acids is 3. The van der Waals surface area contributed by atoms with Crippen LogP contribution in [0.4, 0.5) is 5.69 Å². The summed E-state index contributed by atoms with van der Waals surface area (Å²) < 4.78 is 0. The molecular weight excluding hydrogens is 236 g/mol. The third kappa shape index (κ3) is 1.62. The number of nitrogens with one attached hydrogen (secondary N) is 1. The topological polar surface area (TPSA) is 86.7 Å². The summed E-state index contributed by atoms with van der Waals surface area (Å²) >= 11 is 0. The monoisotopic (exact) mass is 248 g/mol. The van der Waals surface area contributed by atoms with Gasteiger partial charge in [0.15, 0.2) is 0 Å². The van der Waals surface area contributed by atoms with Gasteiger partial charge in [-0.05, 0) is 19.1 Å². The highest BCUT2D eigenvalue weighted by molar-refractivity contribution is 6.24. The summed E-state index contributed by atoms with van der Waals surface area (Å²) in [6.07, 6.45) is 0. The normalized spacial score (nSPS) is 13.8. The molecule has 6 nitrogen and oxygen atoms in total. The molecule has 6 heteroatoms. The largest absolute Gasteiger partial charge is 0.506 e. The zero-order valence-electron chi connectivity index (χ0n) is 9.98. The summed E-state index contributed by atoms with van der Waals surface area (Å²) in [7, 11) is 0. The molecule has 0 atom stereocenters. The van der Waals surface area contributed by atoms with Gasteiger partial charge < -0.3 is 10.4 Å². The predicted molar refractivity (Wildman–Crippen MR) is 63.5 cm³/mol. The van der Waals surface area contributed by atoms with E-state index in [0.717, 1.165) is 4.90 Å². The number of fused-ring (bicyclic) bond motifs is 1. The minimum absolute atomic E-state index is 0.00528. The van der Waals surface area contributed by atoms with E-state index in [2.05, 4.69) is 5.32 Å². The molecule has 18 heavy (non-hydrogen) atoms. The second kappa shape index (κ2) is 4.14. The highest BCUT2D eigenvalue weighted by atomic mass is 16.3. The maximum atomic E-state index is 12.0. The Morgan fingerprint density at radius 3 is 2.56 bits per heavy atom. The number of rotatable bonds is 2. The molecule has 0 aliphatic carbocycles. The van der Waals surface area contributed by atoms with Crippen molar-refractivity contribution in [3.8, 4) is 5.75 Å². The van der Waals surface area contributed by atoms with Crippen molar-refractivity contribution in [2.75, 3.05) is 11.9 Å². The van der Waals surface area contributed by atoms with Crippen LogP contribution in [-0.2, 0) is 4.79 Å². The first-order valence-electron chi connectivity index (χ1n) is 5.47. The quantitative estimate of drug-likeness (QED) is 0.603. The predicted octanol–water partition coefficient (Wildman–Crippen LogP) is 0.967. The Hall–Kier alpha value is -2.37. The zero-order valence-corrected chi connectivity index (χ0v) is 9.98. The number of phenolic OH excluding ortho intramolecular Hbond substituents is 1. The number of benzene rings is 1. The van der Waals surface area contributed by atoms with E-state index in [1.54, 1.807) is 6.92 Å². The smallest absolute Gasteiger partial charge is 0.263 e. The lowest BCUT2D eigenvalue weighted by atomic mass is 10.1. The maximum Gasteiger partial charge on any atom is 0.263 e. The minimum Gasteiger partial charge on any atom is -0.506 e. The van der Waals surface area contributed by atoms with Gasteiger partial charge in [-0.25, -0.2) is 0 Å². The Kier molecular flexibility index (Phi) is 2.78. The molecule has 2 N–H and O–H groups in total. The molecule has 0 unspecified atom stereocenters. The van der Waals surface area contributed by atoms with Crippen molar-refractivity contribution >= 4 is 23.4 Å². The average molecular weight is 248 g/mol. The average Bonchev–Trinajstić information content (AvgIpc) is 2.54. The Labute approximate surface area is 103 Å². The molecule has 3 amide bonds. The SMILES string of the molecule is CCN1C(=O)c2ccc(O)c(NC(C)=O)c2C1=O. The summed E-state index contributed by atoms with van der Waals surface area (Å²) in [5, 5.41) is 12.1. The lowest BCUT2D eigenvalue weighted by Crippen LogP contribution is -2.29. The van der Waals surface area contributed by atoms with Crippen molar-refractivity contribution in [3.63, 3.8) is 0 Å². The molecule has 0 radical (unpaired) electrons. The van der Waals surface area contributed by atoms with Gasteiger partial charge in [0, 0.05) is 13.5 Å². The lowest BCUT2D eigenvalue weighted by molar-refractivity contribution is -0.114. The van der Waals surface area contributed by atoms with Crippen molar-refractivity contribution in [3.05, 3.63) is 23.3 Å². The van der Waals surface area contributed by atoms with Crippen LogP contribution in [0.2, 0.25) is 0 Å². The Bertz CT molecular complexity index is 565. The van der Waals surface area contributed by atoms with Gasteiger partial charge in [0.1, 0.15) is 5.75 Å². The molecule has 0 saturated heterocycles. The molecular formula is C12H12N2O4. The van der Waals surface area contributed by atoms with E-state index >= 15 is 0 Å². The molecule has 1 aromatic carbocycles. The Morgan fingerprint density at radius 2 is 2.00 bits per heavy atom. The fraction of sp³-hybridized carbons (Fsp3) is 0.250. The first-order chi connectivity index (χ1) is 8.47. The standard InChI is InChI=1S/C12H12N2O4/c1-3-14-11(17)7-4-5-8(16)10(13-6(2)15)9(7)12(14)18/h4-5,16H,3H2,1-2H3,(H,13,15). The number of imide groups is 1. The molecule has 1 aliphatic heterocycles. The van der Waals surface area contributed by atoms with Crippen LogP contribution < -0.4 is 5.32 Å². The molecule has 0 fully saturated rings. The van der Waals surface area contributed by atoms with Gasteiger partial charge in [-0.1, -0.05) is 0 Å². The molecule has 0 saturated carbocycles. The Morgan fingerprint density at radius 1 is 1.33 bits per heavy atom. The van der Waals surface area contributed by atoms with Crippen molar-refractivity contribution < 1.29 is 19.5 Å². The minimum atomic E-state index is -0.503. The van der Waals surface area contributed by atoms with Crippen molar-refractivity contribution in [1.29, 1.82) is 0 Å². The molecule has 0 bridgehead atoms. The van der Waals surface area contributed by atoms with Crippen LogP contribution in [0.5, 0.6) is 5.75 Å². The van der Waals surface area contributed by atoms with Crippen molar-refractivity contribution in [1.82, 2.24) is 4.90 Å². The molecule has 2 rings (SSSR count). The maximum absolute atomic E-state index is 12.0. The summed E-state index contributed by atoms with van der Waals surface area (Å²) in [5.41, 5.74) is 0.245. The highest BCUT2D eigenvalue weighted by Gasteiger charge is 2.37. The van der Waals surface area contributed by atoms with Crippen LogP contribution in [0.1, 0.15) is 34.6 Å². The van der Waals surface area contributed by atoms with Crippen LogP contribution in [0.25, 0.3) is 0 Å². The van der Waals surface area contributed by atoms with Gasteiger partial charge in [0.05, 0.1) is 16.8 Å². The molecule has 94 valence electrons. The Balaban J connectivity index is 2.63. The summed E-state index contributed by atoms with van der Waals surface area (Å²) in [5.74, 6) is -1.57. The molecule has 0 aromatic heterocycles. The van der Waals surface area contributed by atoms with E-state index in [9.17, 15) is 19.5 Å². The van der Waals surface area contributed by atoms with E-state index in [-0.39, 0.29) is 29.1 Å². The van der Waals surface area contributed by atoms with E-state index in [1.807, 2.05) is 0 Å².